The van der Waals surface area contributed by atoms with Crippen molar-refractivity contribution >= 4 is 11.3 Å². The first-order chi connectivity index (χ1) is 9.10. The zero-order chi connectivity index (χ0) is 13.8. The Kier molecular flexibility index (Phi) is 4.31. The van der Waals surface area contributed by atoms with E-state index < -0.39 is 0 Å². The molecule has 0 aliphatic rings. The average Bonchev–Trinajstić information content (AvgIpc) is 2.85. The molecule has 1 N–H and O–H groups in total. The topological polar surface area (TPSA) is 35.8 Å². The summed E-state index contributed by atoms with van der Waals surface area (Å²) in [6.45, 7) is 4.72. The smallest absolute Gasteiger partial charge is 0.123 e. The number of nitrogens with one attached hydrogen (secondary N) is 1. The second-order valence-electron chi connectivity index (χ2n) is 4.61. The Morgan fingerprint density at radius 1 is 1.32 bits per heavy atom. The summed E-state index contributed by atoms with van der Waals surface area (Å²) in [7, 11) is 0. The fraction of sp³-hybridized carbons (Fsp3) is 0.267. The first-order valence-electron chi connectivity index (χ1n) is 6.12. The number of nitriles is 1. The molecule has 1 heterocycles. The Hall–Kier alpha value is -1.70. The van der Waals surface area contributed by atoms with Gasteiger partial charge in [0.2, 0.25) is 0 Å². The molecule has 1 aromatic heterocycles. The van der Waals surface area contributed by atoms with Crippen LogP contribution in [0.4, 0.5) is 4.39 Å². The molecule has 2 aromatic rings. The predicted octanol–water partition coefficient (Wildman–Crippen LogP) is 3.92. The van der Waals surface area contributed by atoms with E-state index in [0.717, 1.165) is 16.0 Å². The van der Waals surface area contributed by atoms with Gasteiger partial charge in [-0.2, -0.15) is 5.26 Å². The Morgan fingerprint density at radius 2 is 2.11 bits per heavy atom. The van der Waals surface area contributed by atoms with Crippen molar-refractivity contribution in [3.63, 3.8) is 0 Å². The summed E-state index contributed by atoms with van der Waals surface area (Å²) in [5.41, 5.74) is 1.90. The van der Waals surface area contributed by atoms with E-state index in [-0.39, 0.29) is 5.82 Å². The number of nitrogens with zero attached hydrogens (tertiary/aromatic N) is 1. The minimum Gasteiger partial charge on any atom is -0.310 e. The van der Waals surface area contributed by atoms with Crippen LogP contribution in [0.2, 0.25) is 0 Å². The molecule has 0 aliphatic heterocycles. The molecule has 0 spiro atoms. The molecule has 0 aliphatic carbocycles. The standard InChI is InChI=1S/C15H15FN2S/c1-10(2)18-9-11-7-12(16)3-5-14(11)15-6-4-13(8-17)19-15/h3-7,10,18H,9H2,1-2H3. The Labute approximate surface area is 116 Å². The van der Waals surface area contributed by atoms with Crippen molar-refractivity contribution in [3.05, 3.63) is 46.6 Å². The third kappa shape index (κ3) is 3.40. The third-order valence-corrected chi connectivity index (χ3v) is 3.77. The monoisotopic (exact) mass is 274 g/mol. The van der Waals surface area contributed by atoms with Crippen LogP contribution < -0.4 is 5.32 Å². The van der Waals surface area contributed by atoms with E-state index in [2.05, 4.69) is 25.2 Å². The number of benzene rings is 1. The highest BCUT2D eigenvalue weighted by Crippen LogP contribution is 2.31. The van der Waals surface area contributed by atoms with Crippen molar-refractivity contribution in [2.45, 2.75) is 26.4 Å². The van der Waals surface area contributed by atoms with E-state index in [9.17, 15) is 4.39 Å². The maximum Gasteiger partial charge on any atom is 0.123 e. The Bertz CT molecular complexity index is 611. The van der Waals surface area contributed by atoms with E-state index in [1.165, 1.54) is 17.4 Å². The van der Waals surface area contributed by atoms with Crippen molar-refractivity contribution in [2.75, 3.05) is 0 Å². The molecular weight excluding hydrogens is 259 g/mol. The Morgan fingerprint density at radius 3 is 2.74 bits per heavy atom. The lowest BCUT2D eigenvalue weighted by Crippen LogP contribution is -2.22. The predicted molar refractivity (Wildman–Crippen MR) is 76.4 cm³/mol. The van der Waals surface area contributed by atoms with Crippen molar-refractivity contribution in [1.29, 1.82) is 5.26 Å². The fourth-order valence-electron chi connectivity index (χ4n) is 1.81. The van der Waals surface area contributed by atoms with Crippen LogP contribution in [-0.4, -0.2) is 6.04 Å². The Balaban J connectivity index is 2.36. The molecule has 0 radical (unpaired) electrons. The summed E-state index contributed by atoms with van der Waals surface area (Å²) in [4.78, 5) is 1.67. The number of halogens is 1. The molecule has 0 bridgehead atoms. The summed E-state index contributed by atoms with van der Waals surface area (Å²) >= 11 is 1.43. The maximum absolute atomic E-state index is 13.4. The van der Waals surface area contributed by atoms with Gasteiger partial charge in [-0.25, -0.2) is 4.39 Å². The van der Waals surface area contributed by atoms with Crippen LogP contribution in [0.3, 0.4) is 0 Å². The molecule has 1 aromatic carbocycles. The molecule has 19 heavy (non-hydrogen) atoms. The van der Waals surface area contributed by atoms with Gasteiger partial charge in [0.25, 0.3) is 0 Å². The van der Waals surface area contributed by atoms with Gasteiger partial charge in [-0.3, -0.25) is 0 Å². The van der Waals surface area contributed by atoms with E-state index >= 15 is 0 Å². The van der Waals surface area contributed by atoms with Crippen LogP contribution in [0.5, 0.6) is 0 Å². The van der Waals surface area contributed by atoms with Gasteiger partial charge < -0.3 is 5.32 Å². The molecule has 0 unspecified atom stereocenters. The van der Waals surface area contributed by atoms with Gasteiger partial charge in [-0.05, 0) is 35.4 Å². The minimum atomic E-state index is -0.235. The molecular formula is C15H15FN2S. The molecule has 0 saturated heterocycles. The van der Waals surface area contributed by atoms with Crippen LogP contribution in [0, 0.1) is 17.1 Å². The second kappa shape index (κ2) is 5.96. The van der Waals surface area contributed by atoms with Crippen LogP contribution in [-0.2, 0) is 6.54 Å². The number of hydrogen-bond donors (Lipinski definition) is 1. The first-order valence-corrected chi connectivity index (χ1v) is 6.94. The molecule has 98 valence electrons. The zero-order valence-electron chi connectivity index (χ0n) is 10.9. The normalized spacial score (nSPS) is 10.7. The molecule has 4 heteroatoms. The van der Waals surface area contributed by atoms with Crippen LogP contribution in [0.15, 0.2) is 30.3 Å². The molecule has 0 atom stereocenters. The molecule has 2 nitrogen and oxygen atoms in total. The number of rotatable bonds is 4. The zero-order valence-corrected chi connectivity index (χ0v) is 11.7. The third-order valence-electron chi connectivity index (χ3n) is 2.75. The molecule has 0 saturated carbocycles. The highest BCUT2D eigenvalue weighted by Gasteiger charge is 2.09. The fourth-order valence-corrected chi connectivity index (χ4v) is 2.67. The number of hydrogen-bond acceptors (Lipinski definition) is 3. The highest BCUT2D eigenvalue weighted by molar-refractivity contribution is 7.16. The van der Waals surface area contributed by atoms with Crippen molar-refractivity contribution in [3.8, 4) is 16.5 Å². The molecule has 0 amide bonds. The van der Waals surface area contributed by atoms with Gasteiger partial charge in [0.05, 0.1) is 0 Å². The van der Waals surface area contributed by atoms with Crippen LogP contribution >= 0.6 is 11.3 Å². The van der Waals surface area contributed by atoms with Crippen molar-refractivity contribution in [1.82, 2.24) is 5.32 Å². The van der Waals surface area contributed by atoms with Gasteiger partial charge in [0.15, 0.2) is 0 Å². The van der Waals surface area contributed by atoms with E-state index in [1.807, 2.05) is 6.07 Å². The maximum atomic E-state index is 13.4. The van der Waals surface area contributed by atoms with E-state index in [0.29, 0.717) is 17.5 Å². The first kappa shape index (κ1) is 13.7. The quantitative estimate of drug-likeness (QED) is 0.917. The summed E-state index contributed by atoms with van der Waals surface area (Å²) in [6.07, 6.45) is 0. The molecule has 0 fully saturated rings. The van der Waals surface area contributed by atoms with Crippen LogP contribution in [0.25, 0.3) is 10.4 Å². The summed E-state index contributed by atoms with van der Waals surface area (Å²) in [5, 5.41) is 12.2. The summed E-state index contributed by atoms with van der Waals surface area (Å²) in [6, 6.07) is 11.0. The number of thiophene rings is 1. The van der Waals surface area contributed by atoms with Gasteiger partial charge >= 0.3 is 0 Å². The SMILES string of the molecule is CC(C)NCc1cc(F)ccc1-c1ccc(C#N)s1. The van der Waals surface area contributed by atoms with Gasteiger partial charge in [-0.15, -0.1) is 11.3 Å². The van der Waals surface area contributed by atoms with Gasteiger partial charge in [0.1, 0.15) is 16.8 Å². The average molecular weight is 274 g/mol. The lowest BCUT2D eigenvalue weighted by Gasteiger charge is -2.12. The van der Waals surface area contributed by atoms with Crippen LogP contribution in [0.1, 0.15) is 24.3 Å². The summed E-state index contributed by atoms with van der Waals surface area (Å²) in [5.74, 6) is -0.235. The second-order valence-corrected chi connectivity index (χ2v) is 5.70. The lowest BCUT2D eigenvalue weighted by molar-refractivity contribution is 0.582. The largest absolute Gasteiger partial charge is 0.310 e. The lowest BCUT2D eigenvalue weighted by atomic mass is 10.1. The van der Waals surface area contributed by atoms with Gasteiger partial charge in [-0.1, -0.05) is 19.9 Å². The van der Waals surface area contributed by atoms with Crippen molar-refractivity contribution in [2.24, 2.45) is 0 Å². The summed E-state index contributed by atoms with van der Waals surface area (Å²) < 4.78 is 13.4. The minimum absolute atomic E-state index is 0.235. The van der Waals surface area contributed by atoms with E-state index in [4.69, 9.17) is 5.26 Å². The highest BCUT2D eigenvalue weighted by atomic mass is 32.1. The van der Waals surface area contributed by atoms with Crippen molar-refractivity contribution < 1.29 is 4.39 Å². The molecule has 2 rings (SSSR count). The van der Waals surface area contributed by atoms with Gasteiger partial charge in [0, 0.05) is 17.5 Å². The van der Waals surface area contributed by atoms with E-state index in [1.54, 1.807) is 18.2 Å².